The molecule has 0 spiro atoms. The minimum absolute atomic E-state index is 0.121. The van der Waals surface area contributed by atoms with Crippen molar-refractivity contribution in [2.45, 2.75) is 82.9 Å². The summed E-state index contributed by atoms with van der Waals surface area (Å²) in [6.45, 7) is 6.65. The smallest absolute Gasteiger partial charge is 0.187 e. The normalized spacial score (nSPS) is 43.8. The van der Waals surface area contributed by atoms with Gasteiger partial charge in [0, 0.05) is 18.3 Å². The molecular weight excluding hydrogens is 356 g/mol. The van der Waals surface area contributed by atoms with Crippen molar-refractivity contribution in [1.29, 1.82) is 0 Å². The number of ketones is 1. The molecule has 27 heavy (non-hydrogen) atoms. The van der Waals surface area contributed by atoms with Crippen LogP contribution in [-0.4, -0.2) is 80.3 Å². The molecule has 0 amide bonds. The molecule has 8 atom stereocenters. The summed E-state index contributed by atoms with van der Waals surface area (Å²) in [5.74, 6) is -0.138. The highest BCUT2D eigenvalue weighted by molar-refractivity contribution is 5.81. The van der Waals surface area contributed by atoms with Gasteiger partial charge in [-0.05, 0) is 12.8 Å². The maximum absolute atomic E-state index is 11.9. The van der Waals surface area contributed by atoms with Gasteiger partial charge in [-0.3, -0.25) is 4.79 Å². The van der Waals surface area contributed by atoms with Gasteiger partial charge in [0.2, 0.25) is 0 Å². The van der Waals surface area contributed by atoms with Crippen molar-refractivity contribution < 1.29 is 39.8 Å². The summed E-state index contributed by atoms with van der Waals surface area (Å²) in [5, 5.41) is 50.1. The Kier molecular flexibility index (Phi) is 6.85. The van der Waals surface area contributed by atoms with Crippen LogP contribution in [0.25, 0.3) is 0 Å². The van der Waals surface area contributed by atoms with E-state index < -0.39 is 54.4 Å². The predicted molar refractivity (Wildman–Crippen MR) is 95.6 cm³/mol. The lowest BCUT2D eigenvalue weighted by Gasteiger charge is -2.48. The van der Waals surface area contributed by atoms with Crippen LogP contribution in [0.2, 0.25) is 0 Å². The molecule has 2 fully saturated rings. The number of aliphatic hydroxyl groups is 5. The largest absolute Gasteiger partial charge is 0.394 e. The molecule has 2 rings (SSSR count). The molecule has 8 heteroatoms. The maximum atomic E-state index is 11.9. The average molecular weight is 388 g/mol. The lowest BCUT2D eigenvalue weighted by Crippen LogP contribution is -2.59. The average Bonchev–Trinajstić information content (AvgIpc) is 2.58. The van der Waals surface area contributed by atoms with Crippen LogP contribution in [0.5, 0.6) is 0 Å². The van der Waals surface area contributed by atoms with Gasteiger partial charge in [-0.1, -0.05) is 32.9 Å². The fourth-order valence-corrected chi connectivity index (χ4v) is 3.98. The maximum Gasteiger partial charge on any atom is 0.187 e. The van der Waals surface area contributed by atoms with E-state index in [0.717, 1.165) is 0 Å². The number of rotatable bonds is 5. The Hall–Kier alpha value is -0.870. The summed E-state index contributed by atoms with van der Waals surface area (Å²) < 4.78 is 10.9. The van der Waals surface area contributed by atoms with Crippen molar-refractivity contribution in [3.8, 4) is 0 Å². The molecular formula is C19H32O8. The van der Waals surface area contributed by atoms with Crippen molar-refractivity contribution in [1.82, 2.24) is 0 Å². The summed E-state index contributed by atoms with van der Waals surface area (Å²) in [5.41, 5.74) is -1.84. The fourth-order valence-electron chi connectivity index (χ4n) is 3.98. The molecule has 1 aliphatic carbocycles. The number of carbonyl (C=O) groups is 1. The summed E-state index contributed by atoms with van der Waals surface area (Å²) >= 11 is 0. The summed E-state index contributed by atoms with van der Waals surface area (Å²) in [7, 11) is 0. The first-order valence-corrected chi connectivity index (χ1v) is 9.32. The lowest BCUT2D eigenvalue weighted by atomic mass is 9.60. The van der Waals surface area contributed by atoms with Crippen LogP contribution in [-0.2, 0) is 14.3 Å². The van der Waals surface area contributed by atoms with Gasteiger partial charge in [0.25, 0.3) is 0 Å². The van der Waals surface area contributed by atoms with Gasteiger partial charge in [0.1, 0.15) is 30.2 Å². The summed E-state index contributed by atoms with van der Waals surface area (Å²) in [6.07, 6.45) is -3.51. The van der Waals surface area contributed by atoms with Crippen molar-refractivity contribution in [2.24, 2.45) is 11.3 Å². The Bertz CT molecular complexity index is 560. The van der Waals surface area contributed by atoms with Crippen LogP contribution in [0.3, 0.4) is 0 Å². The van der Waals surface area contributed by atoms with E-state index in [9.17, 15) is 30.3 Å². The zero-order chi connectivity index (χ0) is 20.6. The second kappa shape index (κ2) is 8.24. The van der Waals surface area contributed by atoms with Crippen molar-refractivity contribution in [3.05, 3.63) is 12.2 Å². The Balaban J connectivity index is 2.08. The van der Waals surface area contributed by atoms with E-state index >= 15 is 0 Å². The van der Waals surface area contributed by atoms with E-state index in [1.807, 2.05) is 20.8 Å². The molecule has 0 aromatic carbocycles. The highest BCUT2D eigenvalue weighted by Gasteiger charge is 2.50. The van der Waals surface area contributed by atoms with Crippen LogP contribution in [0.4, 0.5) is 0 Å². The molecule has 0 radical (unpaired) electrons. The van der Waals surface area contributed by atoms with E-state index in [-0.39, 0.29) is 18.1 Å². The zero-order valence-electron chi connectivity index (χ0n) is 16.3. The Morgan fingerprint density at radius 1 is 1.26 bits per heavy atom. The highest BCUT2D eigenvalue weighted by Crippen LogP contribution is 2.46. The van der Waals surface area contributed by atoms with E-state index in [0.29, 0.717) is 6.42 Å². The lowest BCUT2D eigenvalue weighted by molar-refractivity contribution is -0.306. The molecule has 0 aromatic heterocycles. The highest BCUT2D eigenvalue weighted by atomic mass is 16.7. The molecule has 0 bridgehead atoms. The molecule has 2 aliphatic rings. The molecule has 1 heterocycles. The molecule has 8 nitrogen and oxygen atoms in total. The van der Waals surface area contributed by atoms with E-state index in [2.05, 4.69) is 0 Å². The number of hydrogen-bond acceptors (Lipinski definition) is 8. The third kappa shape index (κ3) is 4.42. The molecule has 1 saturated carbocycles. The summed E-state index contributed by atoms with van der Waals surface area (Å²) in [4.78, 5) is 11.9. The standard InChI is InChI=1S/C19H32O8/c1-10-7-12(21)8-18(3,4)19(10,25)6-5-11(2)26-17-16(24)15(23)14(22)13(9-20)27-17/h5-6,10-11,13-17,20,22-25H,7-9H2,1-4H3/b6-5+/t10-,11-,13-,14-,15+,16-,17-,19-/m1/s1. The number of aliphatic hydroxyl groups excluding tert-OH is 4. The van der Waals surface area contributed by atoms with Gasteiger partial charge >= 0.3 is 0 Å². The second-order valence-corrected chi connectivity index (χ2v) is 8.43. The van der Waals surface area contributed by atoms with Crippen LogP contribution >= 0.6 is 0 Å². The van der Waals surface area contributed by atoms with Crippen LogP contribution in [0.1, 0.15) is 40.5 Å². The Morgan fingerprint density at radius 2 is 1.89 bits per heavy atom. The third-order valence-electron chi connectivity index (χ3n) is 5.83. The van der Waals surface area contributed by atoms with Gasteiger partial charge in [-0.15, -0.1) is 0 Å². The van der Waals surface area contributed by atoms with Gasteiger partial charge in [-0.25, -0.2) is 0 Å². The van der Waals surface area contributed by atoms with Crippen molar-refractivity contribution >= 4 is 5.78 Å². The number of ether oxygens (including phenoxy) is 2. The third-order valence-corrected chi connectivity index (χ3v) is 5.83. The first-order valence-electron chi connectivity index (χ1n) is 9.32. The van der Waals surface area contributed by atoms with Crippen molar-refractivity contribution in [2.75, 3.05) is 6.61 Å². The quantitative estimate of drug-likeness (QED) is 0.398. The van der Waals surface area contributed by atoms with Gasteiger partial charge in [-0.2, -0.15) is 0 Å². The van der Waals surface area contributed by atoms with E-state index in [4.69, 9.17) is 9.47 Å². The monoisotopic (exact) mass is 388 g/mol. The molecule has 0 aromatic rings. The summed E-state index contributed by atoms with van der Waals surface area (Å²) in [6, 6.07) is 0. The zero-order valence-corrected chi connectivity index (χ0v) is 16.3. The predicted octanol–water partition coefficient (Wildman–Crippen LogP) is -0.496. The SMILES string of the molecule is C[C@H](/C=C/[C@@]1(O)[C@H](C)CC(=O)CC1(C)C)O[C@@H]1O[C@H](CO)[C@@H](O)[C@H](O)[C@H]1O. The van der Waals surface area contributed by atoms with Crippen LogP contribution in [0, 0.1) is 11.3 Å². The minimum Gasteiger partial charge on any atom is -0.394 e. The van der Waals surface area contributed by atoms with Gasteiger partial charge < -0.3 is 35.0 Å². The van der Waals surface area contributed by atoms with Gasteiger partial charge in [0.15, 0.2) is 6.29 Å². The Labute approximate surface area is 159 Å². The molecule has 1 saturated heterocycles. The molecule has 5 N–H and O–H groups in total. The number of Topliss-reactive ketones (excluding diaryl/α,β-unsaturated/α-hetero) is 1. The first kappa shape index (κ1) is 22.4. The Morgan fingerprint density at radius 3 is 2.44 bits per heavy atom. The molecule has 0 unspecified atom stereocenters. The molecule has 1 aliphatic heterocycles. The van der Waals surface area contributed by atoms with Crippen LogP contribution < -0.4 is 0 Å². The van der Waals surface area contributed by atoms with E-state index in [1.54, 1.807) is 19.1 Å². The number of carbonyl (C=O) groups excluding carboxylic acids is 1. The van der Waals surface area contributed by atoms with Crippen molar-refractivity contribution in [3.63, 3.8) is 0 Å². The number of hydrogen-bond donors (Lipinski definition) is 5. The van der Waals surface area contributed by atoms with Crippen LogP contribution in [0.15, 0.2) is 12.2 Å². The minimum atomic E-state index is -1.51. The second-order valence-electron chi connectivity index (χ2n) is 8.43. The topological polar surface area (TPSA) is 137 Å². The molecule has 156 valence electrons. The first-order chi connectivity index (χ1) is 12.4. The fraction of sp³-hybridized carbons (Fsp3) is 0.842. The van der Waals surface area contributed by atoms with Gasteiger partial charge in [0.05, 0.1) is 18.3 Å². The van der Waals surface area contributed by atoms with E-state index in [1.165, 1.54) is 0 Å².